The molecule has 1 aromatic heterocycles. The maximum Gasteiger partial charge on any atom is 0.408 e. The predicted molar refractivity (Wildman–Crippen MR) is 102 cm³/mol. The number of carbonyl (C=O) groups is 3. The number of thioether (sulfide) groups is 1. The molecule has 0 aliphatic carbocycles. The highest BCUT2D eigenvalue weighted by Gasteiger charge is 2.34. The Kier molecular flexibility index (Phi) is 7.52. The van der Waals surface area contributed by atoms with Crippen molar-refractivity contribution >= 4 is 29.7 Å². The molecule has 1 aliphatic rings. The number of nitrogens with one attached hydrogen (secondary N) is 2. The van der Waals surface area contributed by atoms with E-state index in [1.807, 2.05) is 13.8 Å². The smallest absolute Gasteiger partial charge is 0.408 e. The number of carbonyl (C=O) groups excluding carboxylic acids is 2. The van der Waals surface area contributed by atoms with Crippen molar-refractivity contribution in [1.29, 1.82) is 0 Å². The van der Waals surface area contributed by atoms with Crippen LogP contribution in [0.3, 0.4) is 0 Å². The van der Waals surface area contributed by atoms with Gasteiger partial charge < -0.3 is 15.7 Å². The summed E-state index contributed by atoms with van der Waals surface area (Å²) in [5.41, 5.74) is 0.862. The number of aromatic nitrogens is 2. The average Bonchev–Trinajstić information content (AvgIpc) is 3.04. The van der Waals surface area contributed by atoms with E-state index in [2.05, 4.69) is 15.7 Å². The fourth-order valence-electron chi connectivity index (χ4n) is 2.90. The molecule has 3 N–H and O–H groups in total. The lowest BCUT2D eigenvalue weighted by molar-refractivity contribution is -0.131. The molecule has 9 nitrogen and oxygen atoms in total. The third-order valence-electron chi connectivity index (χ3n) is 4.24. The van der Waals surface area contributed by atoms with Gasteiger partial charge in [-0.2, -0.15) is 16.9 Å². The standard InChI is InChI=1S/C17H27N5O4S/c1-11(2)6-13(15(23)18-7-12-8-19-21(3)9-12)20-16(24)14-10-27-5-4-22(14)17(25)26/h8-9,11,13-14H,4-7,10H2,1-3H3,(H,18,23)(H,20,24)(H,25,26)/t13-,14-/m0/s1. The summed E-state index contributed by atoms with van der Waals surface area (Å²) in [4.78, 5) is 37.8. The lowest BCUT2D eigenvalue weighted by atomic mass is 10.0. The van der Waals surface area contributed by atoms with E-state index < -0.39 is 24.1 Å². The van der Waals surface area contributed by atoms with Gasteiger partial charge in [0, 0.05) is 43.4 Å². The highest BCUT2D eigenvalue weighted by Crippen LogP contribution is 2.17. The summed E-state index contributed by atoms with van der Waals surface area (Å²) in [6.07, 6.45) is 2.83. The van der Waals surface area contributed by atoms with Crippen LogP contribution in [0.1, 0.15) is 25.8 Å². The minimum absolute atomic E-state index is 0.191. The van der Waals surface area contributed by atoms with Gasteiger partial charge in [0.2, 0.25) is 11.8 Å². The van der Waals surface area contributed by atoms with E-state index in [1.54, 1.807) is 24.1 Å². The molecule has 27 heavy (non-hydrogen) atoms. The van der Waals surface area contributed by atoms with Crippen molar-refractivity contribution in [2.45, 2.75) is 38.9 Å². The van der Waals surface area contributed by atoms with Crippen LogP contribution in [-0.4, -0.2) is 67.8 Å². The Bertz CT molecular complexity index is 678. The first-order valence-electron chi connectivity index (χ1n) is 8.90. The van der Waals surface area contributed by atoms with Crippen molar-refractivity contribution in [3.63, 3.8) is 0 Å². The molecule has 0 unspecified atom stereocenters. The van der Waals surface area contributed by atoms with E-state index in [4.69, 9.17) is 0 Å². The Morgan fingerprint density at radius 3 is 2.74 bits per heavy atom. The summed E-state index contributed by atoms with van der Waals surface area (Å²) in [7, 11) is 1.80. The summed E-state index contributed by atoms with van der Waals surface area (Å²) < 4.78 is 1.65. The molecule has 1 fully saturated rings. The van der Waals surface area contributed by atoms with Crippen LogP contribution in [0.2, 0.25) is 0 Å². The lowest BCUT2D eigenvalue weighted by Crippen LogP contribution is -2.57. The molecule has 0 saturated carbocycles. The van der Waals surface area contributed by atoms with Crippen LogP contribution >= 0.6 is 11.8 Å². The largest absolute Gasteiger partial charge is 0.465 e. The maximum absolute atomic E-state index is 12.7. The predicted octanol–water partition coefficient (Wildman–Crippen LogP) is 0.663. The zero-order valence-electron chi connectivity index (χ0n) is 15.8. The molecule has 0 bridgehead atoms. The molecule has 1 aliphatic heterocycles. The molecular weight excluding hydrogens is 370 g/mol. The Morgan fingerprint density at radius 1 is 1.41 bits per heavy atom. The molecule has 1 aromatic rings. The maximum atomic E-state index is 12.7. The van der Waals surface area contributed by atoms with E-state index >= 15 is 0 Å². The number of hydrogen-bond acceptors (Lipinski definition) is 5. The van der Waals surface area contributed by atoms with Crippen LogP contribution in [0, 0.1) is 5.92 Å². The monoisotopic (exact) mass is 397 g/mol. The SMILES string of the molecule is CC(C)C[C@H](NC(=O)[C@@H]1CSCCN1C(=O)O)C(=O)NCc1cnn(C)c1. The fourth-order valence-corrected chi connectivity index (χ4v) is 3.94. The van der Waals surface area contributed by atoms with Gasteiger partial charge in [-0.15, -0.1) is 0 Å². The molecule has 3 amide bonds. The number of aryl methyl sites for hydroxylation is 1. The van der Waals surface area contributed by atoms with Gasteiger partial charge in [0.25, 0.3) is 0 Å². The molecule has 0 aromatic carbocycles. The van der Waals surface area contributed by atoms with Crippen molar-refractivity contribution in [2.24, 2.45) is 13.0 Å². The quantitative estimate of drug-likeness (QED) is 0.622. The first-order valence-corrected chi connectivity index (χ1v) is 10.1. The molecule has 2 rings (SSSR count). The van der Waals surface area contributed by atoms with Gasteiger partial charge in [-0.25, -0.2) is 4.79 Å². The molecule has 2 atom stereocenters. The van der Waals surface area contributed by atoms with Gasteiger partial charge in [-0.1, -0.05) is 13.8 Å². The van der Waals surface area contributed by atoms with Gasteiger partial charge in [0.1, 0.15) is 12.1 Å². The molecule has 0 radical (unpaired) electrons. The lowest BCUT2D eigenvalue weighted by Gasteiger charge is -2.33. The summed E-state index contributed by atoms with van der Waals surface area (Å²) in [6.45, 7) is 4.55. The van der Waals surface area contributed by atoms with Gasteiger partial charge in [-0.05, 0) is 12.3 Å². The third kappa shape index (κ3) is 6.16. The van der Waals surface area contributed by atoms with Crippen LogP contribution in [0.25, 0.3) is 0 Å². The van der Waals surface area contributed by atoms with Gasteiger partial charge in [-0.3, -0.25) is 19.2 Å². The van der Waals surface area contributed by atoms with E-state index in [9.17, 15) is 19.5 Å². The molecule has 150 valence electrons. The van der Waals surface area contributed by atoms with Crippen molar-refractivity contribution in [3.8, 4) is 0 Å². The second-order valence-electron chi connectivity index (χ2n) is 7.00. The van der Waals surface area contributed by atoms with Crippen molar-refractivity contribution < 1.29 is 19.5 Å². The third-order valence-corrected chi connectivity index (χ3v) is 5.26. The van der Waals surface area contributed by atoms with Crippen LogP contribution in [0.4, 0.5) is 4.79 Å². The number of amides is 3. The molecule has 2 heterocycles. The van der Waals surface area contributed by atoms with Crippen LogP contribution in [-0.2, 0) is 23.2 Å². The summed E-state index contributed by atoms with van der Waals surface area (Å²) in [5, 5.41) is 18.9. The average molecular weight is 398 g/mol. The summed E-state index contributed by atoms with van der Waals surface area (Å²) in [5.74, 6) is 0.537. The van der Waals surface area contributed by atoms with E-state index in [-0.39, 0.29) is 11.8 Å². The van der Waals surface area contributed by atoms with Crippen LogP contribution in [0.15, 0.2) is 12.4 Å². The Labute approximate surface area is 162 Å². The number of hydrogen-bond donors (Lipinski definition) is 3. The molecule has 0 spiro atoms. The minimum Gasteiger partial charge on any atom is -0.465 e. The van der Waals surface area contributed by atoms with Gasteiger partial charge >= 0.3 is 6.09 Å². The highest BCUT2D eigenvalue weighted by atomic mass is 32.2. The second-order valence-corrected chi connectivity index (χ2v) is 8.15. The minimum atomic E-state index is -1.11. The van der Waals surface area contributed by atoms with Crippen LogP contribution in [0.5, 0.6) is 0 Å². The summed E-state index contributed by atoms with van der Waals surface area (Å²) >= 11 is 1.54. The molecule has 1 saturated heterocycles. The Balaban J connectivity index is 2.00. The van der Waals surface area contributed by atoms with Gasteiger partial charge in [0.15, 0.2) is 0 Å². The zero-order chi connectivity index (χ0) is 20.0. The zero-order valence-corrected chi connectivity index (χ0v) is 16.7. The first-order chi connectivity index (χ1) is 12.8. The topological polar surface area (TPSA) is 117 Å². The van der Waals surface area contributed by atoms with E-state index in [0.29, 0.717) is 31.0 Å². The molecular formula is C17H27N5O4S. The van der Waals surface area contributed by atoms with Crippen molar-refractivity contribution in [2.75, 3.05) is 18.1 Å². The van der Waals surface area contributed by atoms with Crippen molar-refractivity contribution in [3.05, 3.63) is 18.0 Å². The normalized spacial score (nSPS) is 18.2. The number of rotatable bonds is 7. The first kappa shape index (κ1) is 21.1. The number of carboxylic acid groups (broad SMARTS) is 1. The van der Waals surface area contributed by atoms with E-state index in [1.165, 1.54) is 11.8 Å². The fraction of sp³-hybridized carbons (Fsp3) is 0.647. The highest BCUT2D eigenvalue weighted by molar-refractivity contribution is 7.99. The molecule has 10 heteroatoms. The Hall–Kier alpha value is -2.23. The van der Waals surface area contributed by atoms with Gasteiger partial charge in [0.05, 0.1) is 6.20 Å². The van der Waals surface area contributed by atoms with Crippen molar-refractivity contribution in [1.82, 2.24) is 25.3 Å². The van der Waals surface area contributed by atoms with E-state index in [0.717, 1.165) is 10.5 Å². The van der Waals surface area contributed by atoms with Crippen LogP contribution < -0.4 is 10.6 Å². The number of nitrogens with zero attached hydrogens (tertiary/aromatic N) is 3. The second kappa shape index (κ2) is 9.63. The Morgan fingerprint density at radius 2 is 2.15 bits per heavy atom. The summed E-state index contributed by atoms with van der Waals surface area (Å²) in [6, 6.07) is -1.49.